The van der Waals surface area contributed by atoms with E-state index in [0.717, 1.165) is 24.9 Å². The highest BCUT2D eigenvalue weighted by molar-refractivity contribution is 7.07. The second-order valence-electron chi connectivity index (χ2n) is 3.01. The normalized spacial score (nSPS) is 9.92. The van der Waals surface area contributed by atoms with Crippen LogP contribution in [0.1, 0.15) is 25.3 Å². The van der Waals surface area contributed by atoms with E-state index < -0.39 is 0 Å². The number of nitrogens with one attached hydrogen (secondary N) is 1. The number of amides is 1. The molecule has 0 saturated carbocycles. The Balaban J connectivity index is 2.18. The van der Waals surface area contributed by atoms with Crippen LogP contribution >= 0.6 is 11.3 Å². The van der Waals surface area contributed by atoms with Gasteiger partial charge >= 0.3 is 0 Å². The summed E-state index contributed by atoms with van der Waals surface area (Å²) in [4.78, 5) is 11.3. The Morgan fingerprint density at radius 3 is 3.08 bits per heavy atom. The standard InChI is InChI=1S/C10H15NOS/c1-2-3-5-11-10(12)7-9-4-6-13-8-9/h4,6,8H,2-3,5,7H2,1H3,(H,11,12). The van der Waals surface area contributed by atoms with Crippen LogP contribution in [0.3, 0.4) is 0 Å². The van der Waals surface area contributed by atoms with Gasteiger partial charge in [-0.15, -0.1) is 0 Å². The number of unbranched alkanes of at least 4 members (excludes halogenated alkanes) is 1. The molecule has 1 aromatic heterocycles. The van der Waals surface area contributed by atoms with E-state index in [1.807, 2.05) is 16.8 Å². The SMILES string of the molecule is CCCCNC(=O)Cc1ccsc1. The zero-order chi connectivity index (χ0) is 9.52. The third-order valence-corrected chi connectivity index (χ3v) is 2.53. The van der Waals surface area contributed by atoms with Crippen LogP contribution in [0.4, 0.5) is 0 Å². The molecule has 1 amide bonds. The third-order valence-electron chi connectivity index (χ3n) is 1.80. The van der Waals surface area contributed by atoms with Gasteiger partial charge in [0.25, 0.3) is 0 Å². The van der Waals surface area contributed by atoms with Gasteiger partial charge in [-0.25, -0.2) is 0 Å². The van der Waals surface area contributed by atoms with Crippen molar-refractivity contribution in [3.8, 4) is 0 Å². The number of carbonyl (C=O) groups excluding carboxylic acids is 1. The highest BCUT2D eigenvalue weighted by Crippen LogP contribution is 2.06. The van der Waals surface area contributed by atoms with Crippen molar-refractivity contribution in [3.05, 3.63) is 22.4 Å². The number of hydrogen-bond donors (Lipinski definition) is 1. The molecule has 2 nitrogen and oxygen atoms in total. The molecule has 0 aliphatic carbocycles. The topological polar surface area (TPSA) is 29.1 Å². The van der Waals surface area contributed by atoms with Gasteiger partial charge in [0.2, 0.25) is 5.91 Å². The molecule has 0 fully saturated rings. The molecule has 0 bridgehead atoms. The molecule has 13 heavy (non-hydrogen) atoms. The Hall–Kier alpha value is -0.830. The zero-order valence-corrected chi connectivity index (χ0v) is 8.69. The summed E-state index contributed by atoms with van der Waals surface area (Å²) in [5.41, 5.74) is 1.11. The van der Waals surface area contributed by atoms with Gasteiger partial charge in [0, 0.05) is 6.54 Å². The maximum Gasteiger partial charge on any atom is 0.224 e. The summed E-state index contributed by atoms with van der Waals surface area (Å²) in [5, 5.41) is 6.90. The van der Waals surface area contributed by atoms with E-state index in [0.29, 0.717) is 6.42 Å². The van der Waals surface area contributed by atoms with Crippen molar-refractivity contribution in [1.29, 1.82) is 0 Å². The molecule has 0 atom stereocenters. The summed E-state index contributed by atoms with van der Waals surface area (Å²) < 4.78 is 0. The first-order valence-corrected chi connectivity index (χ1v) is 5.55. The van der Waals surface area contributed by atoms with Gasteiger partial charge in [0.1, 0.15) is 0 Å². The van der Waals surface area contributed by atoms with E-state index in [4.69, 9.17) is 0 Å². The van der Waals surface area contributed by atoms with Crippen LogP contribution in [0.2, 0.25) is 0 Å². The van der Waals surface area contributed by atoms with Crippen LogP contribution in [0.15, 0.2) is 16.8 Å². The van der Waals surface area contributed by atoms with E-state index in [1.165, 1.54) is 0 Å². The molecule has 0 spiro atoms. The van der Waals surface area contributed by atoms with Gasteiger partial charge in [-0.3, -0.25) is 4.79 Å². The zero-order valence-electron chi connectivity index (χ0n) is 7.88. The predicted octanol–water partition coefficient (Wildman–Crippen LogP) is 2.21. The second-order valence-corrected chi connectivity index (χ2v) is 3.79. The average Bonchev–Trinajstić information content (AvgIpc) is 2.57. The van der Waals surface area contributed by atoms with Crippen molar-refractivity contribution >= 4 is 17.2 Å². The molecule has 1 heterocycles. The smallest absolute Gasteiger partial charge is 0.224 e. The highest BCUT2D eigenvalue weighted by atomic mass is 32.1. The highest BCUT2D eigenvalue weighted by Gasteiger charge is 2.01. The minimum Gasteiger partial charge on any atom is -0.356 e. The Bertz CT molecular complexity index is 243. The molecule has 1 N–H and O–H groups in total. The van der Waals surface area contributed by atoms with Crippen LogP contribution in [-0.2, 0) is 11.2 Å². The third kappa shape index (κ3) is 4.08. The van der Waals surface area contributed by atoms with Crippen LogP contribution in [0.25, 0.3) is 0 Å². The Labute approximate surface area is 83.0 Å². The lowest BCUT2D eigenvalue weighted by molar-refractivity contribution is -0.120. The fraction of sp³-hybridized carbons (Fsp3) is 0.500. The quantitative estimate of drug-likeness (QED) is 0.720. The summed E-state index contributed by atoms with van der Waals surface area (Å²) in [6, 6.07) is 1.99. The Morgan fingerprint density at radius 2 is 2.46 bits per heavy atom. The second kappa shape index (κ2) is 5.75. The van der Waals surface area contributed by atoms with E-state index in [2.05, 4.69) is 12.2 Å². The number of hydrogen-bond acceptors (Lipinski definition) is 2. The minimum absolute atomic E-state index is 0.131. The molecule has 0 unspecified atom stereocenters. The summed E-state index contributed by atoms with van der Waals surface area (Å²) in [5.74, 6) is 0.131. The van der Waals surface area contributed by atoms with Crippen molar-refractivity contribution < 1.29 is 4.79 Å². The maximum atomic E-state index is 11.3. The van der Waals surface area contributed by atoms with Crippen molar-refractivity contribution in [2.45, 2.75) is 26.2 Å². The van der Waals surface area contributed by atoms with Crippen molar-refractivity contribution in [2.75, 3.05) is 6.54 Å². The summed E-state index contributed by atoms with van der Waals surface area (Å²) in [7, 11) is 0. The number of rotatable bonds is 5. The van der Waals surface area contributed by atoms with Gasteiger partial charge in [0.15, 0.2) is 0 Å². The largest absolute Gasteiger partial charge is 0.356 e. The lowest BCUT2D eigenvalue weighted by Crippen LogP contribution is -2.25. The first-order valence-electron chi connectivity index (χ1n) is 4.60. The summed E-state index contributed by atoms with van der Waals surface area (Å²) in [6.45, 7) is 2.92. The average molecular weight is 197 g/mol. The van der Waals surface area contributed by atoms with Gasteiger partial charge in [-0.1, -0.05) is 13.3 Å². The molecular formula is C10H15NOS. The van der Waals surface area contributed by atoms with Gasteiger partial charge in [0.05, 0.1) is 6.42 Å². The molecule has 72 valence electrons. The first-order chi connectivity index (χ1) is 6.33. The summed E-state index contributed by atoms with van der Waals surface area (Å²) in [6.07, 6.45) is 2.71. The molecule has 0 aromatic carbocycles. The van der Waals surface area contributed by atoms with Crippen LogP contribution in [0, 0.1) is 0 Å². The van der Waals surface area contributed by atoms with Gasteiger partial charge in [-0.2, -0.15) is 11.3 Å². The molecule has 1 rings (SSSR count). The van der Waals surface area contributed by atoms with Gasteiger partial charge in [-0.05, 0) is 28.8 Å². The number of carbonyl (C=O) groups is 1. The Morgan fingerprint density at radius 1 is 1.62 bits per heavy atom. The van der Waals surface area contributed by atoms with Crippen LogP contribution in [-0.4, -0.2) is 12.5 Å². The monoisotopic (exact) mass is 197 g/mol. The minimum atomic E-state index is 0.131. The summed E-state index contributed by atoms with van der Waals surface area (Å²) >= 11 is 1.63. The fourth-order valence-corrected chi connectivity index (χ4v) is 1.71. The maximum absolute atomic E-state index is 11.3. The lowest BCUT2D eigenvalue weighted by atomic mass is 10.2. The van der Waals surface area contributed by atoms with Crippen molar-refractivity contribution in [3.63, 3.8) is 0 Å². The van der Waals surface area contributed by atoms with Gasteiger partial charge < -0.3 is 5.32 Å². The van der Waals surface area contributed by atoms with E-state index >= 15 is 0 Å². The van der Waals surface area contributed by atoms with E-state index in [-0.39, 0.29) is 5.91 Å². The molecule has 3 heteroatoms. The molecular weight excluding hydrogens is 182 g/mol. The molecule has 0 aliphatic heterocycles. The lowest BCUT2D eigenvalue weighted by Gasteiger charge is -2.02. The predicted molar refractivity (Wildman–Crippen MR) is 55.9 cm³/mol. The van der Waals surface area contributed by atoms with Crippen molar-refractivity contribution in [1.82, 2.24) is 5.32 Å². The fourth-order valence-electron chi connectivity index (χ4n) is 1.05. The molecule has 0 radical (unpaired) electrons. The van der Waals surface area contributed by atoms with E-state index in [9.17, 15) is 4.79 Å². The first kappa shape index (κ1) is 10.3. The number of thiophene rings is 1. The Kier molecular flexibility index (Phi) is 4.54. The van der Waals surface area contributed by atoms with Crippen LogP contribution < -0.4 is 5.32 Å². The van der Waals surface area contributed by atoms with E-state index in [1.54, 1.807) is 11.3 Å². The molecule has 0 saturated heterocycles. The van der Waals surface area contributed by atoms with Crippen LogP contribution in [0.5, 0.6) is 0 Å². The van der Waals surface area contributed by atoms with Crippen molar-refractivity contribution in [2.24, 2.45) is 0 Å². The molecule has 1 aromatic rings. The molecule has 0 aliphatic rings.